The Morgan fingerprint density at radius 2 is 1.78 bits per heavy atom. The van der Waals surface area contributed by atoms with Crippen LogP contribution in [0.4, 0.5) is 5.69 Å². The second-order valence-electron chi connectivity index (χ2n) is 7.20. The van der Waals surface area contributed by atoms with Crippen LogP contribution in [0.15, 0.2) is 58.3 Å². The van der Waals surface area contributed by atoms with Gasteiger partial charge in [0.25, 0.3) is 0 Å². The Labute approximate surface area is 188 Å². The molecule has 0 aliphatic heterocycles. The number of furan rings is 1. The first kappa shape index (κ1) is 21.6. The zero-order chi connectivity index (χ0) is 22.5. The third kappa shape index (κ3) is 4.81. The van der Waals surface area contributed by atoms with Gasteiger partial charge in [0.15, 0.2) is 5.78 Å². The summed E-state index contributed by atoms with van der Waals surface area (Å²) in [6.07, 6.45) is 0.327. The van der Waals surface area contributed by atoms with Gasteiger partial charge < -0.3 is 19.8 Å². The van der Waals surface area contributed by atoms with Crippen LogP contribution in [0, 0.1) is 0 Å². The van der Waals surface area contributed by atoms with E-state index in [-0.39, 0.29) is 43.4 Å². The molecular formula is C24H22N2O5S. The van der Waals surface area contributed by atoms with Crippen molar-refractivity contribution >= 4 is 56.6 Å². The molecular weight excluding hydrogens is 428 g/mol. The van der Waals surface area contributed by atoms with Crippen LogP contribution in [-0.2, 0) is 9.59 Å². The highest BCUT2D eigenvalue weighted by molar-refractivity contribution is 7.12. The van der Waals surface area contributed by atoms with Crippen LogP contribution in [0.3, 0.4) is 0 Å². The fourth-order valence-electron chi connectivity index (χ4n) is 3.42. The molecule has 8 heteroatoms. The number of nitrogens with one attached hydrogen (secondary N) is 2. The van der Waals surface area contributed by atoms with Gasteiger partial charge in [-0.2, -0.15) is 0 Å². The molecule has 0 unspecified atom stereocenters. The monoisotopic (exact) mass is 450 g/mol. The van der Waals surface area contributed by atoms with Crippen LogP contribution >= 0.6 is 11.3 Å². The summed E-state index contributed by atoms with van der Waals surface area (Å²) in [5, 5.41) is 9.19. The number of carbonyl (C=O) groups excluding carboxylic acids is 3. The molecule has 0 aliphatic carbocycles. The molecule has 2 aromatic carbocycles. The number of para-hydroxylation sites is 1. The Bertz CT molecular complexity index is 1280. The minimum Gasteiger partial charge on any atom is -0.495 e. The topological polar surface area (TPSA) is 97.6 Å². The van der Waals surface area contributed by atoms with Gasteiger partial charge in [0.2, 0.25) is 11.8 Å². The Morgan fingerprint density at radius 3 is 2.56 bits per heavy atom. The van der Waals surface area contributed by atoms with Crippen molar-refractivity contribution in [3.05, 3.63) is 58.8 Å². The van der Waals surface area contributed by atoms with Crippen LogP contribution in [0.2, 0.25) is 0 Å². The number of rotatable bonds is 9. The third-order valence-corrected chi connectivity index (χ3v) is 5.93. The third-order valence-electron chi connectivity index (χ3n) is 5.02. The maximum absolute atomic E-state index is 12.4. The minimum atomic E-state index is -0.270. The number of fused-ring (bicyclic) bond motifs is 3. The normalized spacial score (nSPS) is 10.9. The first-order chi connectivity index (χ1) is 15.5. The molecule has 4 aromatic rings. The van der Waals surface area contributed by atoms with E-state index in [4.69, 9.17) is 9.15 Å². The van der Waals surface area contributed by atoms with E-state index in [0.717, 1.165) is 16.4 Å². The average Bonchev–Trinajstić information content (AvgIpc) is 3.45. The molecule has 0 fully saturated rings. The summed E-state index contributed by atoms with van der Waals surface area (Å²) >= 11 is 1.36. The molecule has 164 valence electrons. The van der Waals surface area contributed by atoms with Gasteiger partial charge >= 0.3 is 0 Å². The van der Waals surface area contributed by atoms with Crippen molar-refractivity contribution in [2.24, 2.45) is 0 Å². The number of hydrogen-bond acceptors (Lipinski definition) is 6. The van der Waals surface area contributed by atoms with Crippen LogP contribution < -0.4 is 15.4 Å². The van der Waals surface area contributed by atoms with Crippen molar-refractivity contribution < 1.29 is 23.5 Å². The maximum atomic E-state index is 12.4. The molecule has 0 saturated carbocycles. The van der Waals surface area contributed by atoms with Gasteiger partial charge in [0.05, 0.1) is 17.7 Å². The second kappa shape index (κ2) is 9.65. The number of benzene rings is 2. The predicted molar refractivity (Wildman–Crippen MR) is 124 cm³/mol. The molecule has 0 aliphatic rings. The Morgan fingerprint density at radius 1 is 0.938 bits per heavy atom. The summed E-state index contributed by atoms with van der Waals surface area (Å²) in [6, 6.07) is 14.8. The van der Waals surface area contributed by atoms with Crippen molar-refractivity contribution in [1.82, 2.24) is 5.32 Å². The highest BCUT2D eigenvalue weighted by Gasteiger charge is 2.15. The van der Waals surface area contributed by atoms with E-state index in [1.54, 1.807) is 18.2 Å². The number of ether oxygens (including phenoxy) is 1. The highest BCUT2D eigenvalue weighted by atomic mass is 32.1. The lowest BCUT2D eigenvalue weighted by Gasteiger charge is -2.11. The molecule has 2 N–H and O–H groups in total. The van der Waals surface area contributed by atoms with Crippen molar-refractivity contribution in [3.8, 4) is 5.75 Å². The Kier molecular flexibility index (Phi) is 6.51. The molecule has 0 bridgehead atoms. The molecule has 7 nitrogen and oxygen atoms in total. The van der Waals surface area contributed by atoms with E-state index in [9.17, 15) is 14.4 Å². The molecule has 0 spiro atoms. The lowest BCUT2D eigenvalue weighted by molar-refractivity contribution is -0.121. The maximum Gasteiger partial charge on any atom is 0.226 e. The SMILES string of the molecule is COc1cc2c(cc1NC(=O)CCNC(=O)CCC(=O)c1cccs1)oc1ccccc12. The van der Waals surface area contributed by atoms with Crippen LogP contribution in [0.25, 0.3) is 21.9 Å². The van der Waals surface area contributed by atoms with E-state index in [1.165, 1.54) is 18.4 Å². The number of carbonyl (C=O) groups is 3. The van der Waals surface area contributed by atoms with E-state index < -0.39 is 0 Å². The van der Waals surface area contributed by atoms with E-state index in [2.05, 4.69) is 10.6 Å². The van der Waals surface area contributed by atoms with Gasteiger partial charge in [-0.15, -0.1) is 11.3 Å². The smallest absolute Gasteiger partial charge is 0.226 e. The first-order valence-electron chi connectivity index (χ1n) is 10.2. The Hall–Kier alpha value is -3.65. The lowest BCUT2D eigenvalue weighted by Crippen LogP contribution is -2.28. The molecule has 4 rings (SSSR count). The van der Waals surface area contributed by atoms with Gasteiger partial charge in [-0.1, -0.05) is 24.3 Å². The number of thiophene rings is 1. The summed E-state index contributed by atoms with van der Waals surface area (Å²) in [7, 11) is 1.54. The van der Waals surface area contributed by atoms with Crippen molar-refractivity contribution in [1.29, 1.82) is 0 Å². The zero-order valence-electron chi connectivity index (χ0n) is 17.5. The average molecular weight is 451 g/mol. The zero-order valence-corrected chi connectivity index (χ0v) is 18.3. The number of anilines is 1. The second-order valence-corrected chi connectivity index (χ2v) is 8.14. The molecule has 2 aromatic heterocycles. The van der Waals surface area contributed by atoms with Crippen molar-refractivity contribution in [3.63, 3.8) is 0 Å². The molecule has 0 saturated heterocycles. The van der Waals surface area contributed by atoms with Gasteiger partial charge in [-0.05, 0) is 23.6 Å². The van der Waals surface area contributed by atoms with Gasteiger partial charge in [0, 0.05) is 42.6 Å². The molecule has 32 heavy (non-hydrogen) atoms. The fraction of sp³-hybridized carbons (Fsp3) is 0.208. The highest BCUT2D eigenvalue weighted by Crippen LogP contribution is 2.36. The summed E-state index contributed by atoms with van der Waals surface area (Å²) in [6.45, 7) is 0.174. The number of Topliss-reactive ketones (excluding diaryl/α,β-unsaturated/α-hetero) is 1. The van der Waals surface area contributed by atoms with E-state index in [0.29, 0.717) is 21.9 Å². The summed E-state index contributed by atoms with van der Waals surface area (Å²) < 4.78 is 11.3. The van der Waals surface area contributed by atoms with E-state index >= 15 is 0 Å². The van der Waals surface area contributed by atoms with Gasteiger partial charge in [-0.25, -0.2) is 0 Å². The first-order valence-corrected chi connectivity index (χ1v) is 11.1. The van der Waals surface area contributed by atoms with Crippen LogP contribution in [-0.4, -0.2) is 31.3 Å². The summed E-state index contributed by atoms with van der Waals surface area (Å²) in [5.74, 6) is -0.0628. The fourth-order valence-corrected chi connectivity index (χ4v) is 4.12. The van der Waals surface area contributed by atoms with Crippen molar-refractivity contribution in [2.75, 3.05) is 19.0 Å². The standard InChI is InChI=1S/C24H22N2O5S/c1-30-21-13-16-15-5-2-3-6-19(15)31-20(16)14-17(21)26-24(29)10-11-25-23(28)9-8-18(27)22-7-4-12-32-22/h2-7,12-14H,8-11H2,1H3,(H,25,28)(H,26,29). The number of amides is 2. The number of methoxy groups -OCH3 is 1. The quantitative estimate of drug-likeness (QED) is 0.358. The minimum absolute atomic E-state index is 0.0547. The largest absolute Gasteiger partial charge is 0.495 e. The number of ketones is 1. The summed E-state index contributed by atoms with van der Waals surface area (Å²) in [5.41, 5.74) is 1.90. The van der Waals surface area contributed by atoms with Gasteiger partial charge in [0.1, 0.15) is 16.9 Å². The van der Waals surface area contributed by atoms with E-state index in [1.807, 2.05) is 35.7 Å². The summed E-state index contributed by atoms with van der Waals surface area (Å²) in [4.78, 5) is 37.0. The predicted octanol–water partition coefficient (Wildman–Crippen LogP) is 4.76. The molecule has 0 atom stereocenters. The van der Waals surface area contributed by atoms with Gasteiger partial charge in [-0.3, -0.25) is 14.4 Å². The molecule has 2 amide bonds. The molecule has 2 heterocycles. The van der Waals surface area contributed by atoms with Crippen molar-refractivity contribution in [2.45, 2.75) is 19.3 Å². The Balaban J connectivity index is 1.31. The van der Waals surface area contributed by atoms with Crippen LogP contribution in [0.5, 0.6) is 5.75 Å². The lowest BCUT2D eigenvalue weighted by atomic mass is 10.1. The molecule has 0 radical (unpaired) electrons. The van der Waals surface area contributed by atoms with Crippen LogP contribution in [0.1, 0.15) is 28.9 Å². The number of hydrogen-bond donors (Lipinski definition) is 2.